The molecule has 0 fully saturated rings. The van der Waals surface area contributed by atoms with Gasteiger partial charge in [0.15, 0.2) is 0 Å². The Kier molecular flexibility index (Phi) is 4.47. The van der Waals surface area contributed by atoms with E-state index in [4.69, 9.17) is 4.74 Å². The van der Waals surface area contributed by atoms with Crippen molar-refractivity contribution in [3.63, 3.8) is 0 Å². The molecule has 1 aliphatic heterocycles. The molecule has 1 aliphatic rings. The molecule has 1 N–H and O–H groups in total. The minimum Gasteiger partial charge on any atom is -0.493 e. The Bertz CT molecular complexity index is 538. The van der Waals surface area contributed by atoms with E-state index < -0.39 is 10.0 Å². The fourth-order valence-electron chi connectivity index (χ4n) is 2.07. The van der Waals surface area contributed by atoms with Crippen molar-refractivity contribution in [1.29, 1.82) is 0 Å². The Morgan fingerprint density at radius 1 is 1.37 bits per heavy atom. The maximum atomic E-state index is 12.1. The Hall–Kier alpha value is -1.07. The van der Waals surface area contributed by atoms with Gasteiger partial charge < -0.3 is 4.74 Å². The quantitative estimate of drug-likeness (QED) is 0.902. The lowest BCUT2D eigenvalue weighted by Crippen LogP contribution is -2.26. The van der Waals surface area contributed by atoms with E-state index in [2.05, 4.69) is 18.6 Å². The van der Waals surface area contributed by atoms with Crippen LogP contribution >= 0.6 is 0 Å². The van der Waals surface area contributed by atoms with Gasteiger partial charge in [-0.05, 0) is 48.9 Å². The van der Waals surface area contributed by atoms with Crippen LogP contribution in [0.15, 0.2) is 23.1 Å². The van der Waals surface area contributed by atoms with Crippen molar-refractivity contribution in [2.24, 2.45) is 5.92 Å². The second-order valence-corrected chi connectivity index (χ2v) is 7.07. The SMILES string of the molecule is CC(C)CCNS(=O)(=O)c1ccc2c(c1)CCCO2. The number of ether oxygens (including phenoxy) is 1. The summed E-state index contributed by atoms with van der Waals surface area (Å²) in [6, 6.07) is 5.10. The third kappa shape index (κ3) is 3.70. The molecule has 4 nitrogen and oxygen atoms in total. The summed E-state index contributed by atoms with van der Waals surface area (Å²) in [6.07, 6.45) is 2.66. The highest BCUT2D eigenvalue weighted by molar-refractivity contribution is 7.89. The summed E-state index contributed by atoms with van der Waals surface area (Å²) >= 11 is 0. The van der Waals surface area contributed by atoms with Crippen molar-refractivity contribution in [3.05, 3.63) is 23.8 Å². The number of benzene rings is 1. The van der Waals surface area contributed by atoms with Gasteiger partial charge in [-0.1, -0.05) is 13.8 Å². The molecule has 106 valence electrons. The van der Waals surface area contributed by atoms with Crippen LogP contribution in [0, 0.1) is 5.92 Å². The van der Waals surface area contributed by atoms with Gasteiger partial charge in [0.05, 0.1) is 11.5 Å². The molecular weight excluding hydrogens is 262 g/mol. The number of aryl methyl sites for hydroxylation is 1. The fourth-order valence-corrected chi connectivity index (χ4v) is 3.17. The first-order chi connectivity index (χ1) is 8.99. The first-order valence-corrected chi connectivity index (χ1v) is 8.23. The maximum Gasteiger partial charge on any atom is 0.240 e. The maximum absolute atomic E-state index is 12.1. The van der Waals surface area contributed by atoms with Crippen molar-refractivity contribution in [3.8, 4) is 5.75 Å². The van der Waals surface area contributed by atoms with Gasteiger partial charge in [-0.15, -0.1) is 0 Å². The van der Waals surface area contributed by atoms with Crippen LogP contribution < -0.4 is 9.46 Å². The van der Waals surface area contributed by atoms with Crippen molar-refractivity contribution in [2.45, 2.75) is 38.0 Å². The summed E-state index contributed by atoms with van der Waals surface area (Å²) in [5, 5.41) is 0. The number of hydrogen-bond acceptors (Lipinski definition) is 3. The standard InChI is InChI=1S/C14H21NO3S/c1-11(2)7-8-15-19(16,17)13-5-6-14-12(10-13)4-3-9-18-14/h5-6,10-11,15H,3-4,7-9H2,1-2H3. The smallest absolute Gasteiger partial charge is 0.240 e. The molecule has 0 aliphatic carbocycles. The first kappa shape index (κ1) is 14.3. The van der Waals surface area contributed by atoms with Gasteiger partial charge in [0.1, 0.15) is 5.75 Å². The van der Waals surface area contributed by atoms with Crippen molar-refractivity contribution >= 4 is 10.0 Å². The van der Waals surface area contributed by atoms with Gasteiger partial charge in [-0.2, -0.15) is 0 Å². The molecule has 0 saturated heterocycles. The molecule has 1 aromatic rings. The van der Waals surface area contributed by atoms with E-state index in [0.717, 1.165) is 30.6 Å². The zero-order chi connectivity index (χ0) is 13.9. The summed E-state index contributed by atoms with van der Waals surface area (Å²) < 4.78 is 32.4. The molecule has 0 unspecified atom stereocenters. The average molecular weight is 283 g/mol. The lowest BCUT2D eigenvalue weighted by molar-refractivity contribution is 0.288. The van der Waals surface area contributed by atoms with Crippen molar-refractivity contribution < 1.29 is 13.2 Å². The molecule has 0 atom stereocenters. The molecule has 0 bridgehead atoms. The van der Waals surface area contributed by atoms with Crippen molar-refractivity contribution in [1.82, 2.24) is 4.72 Å². The van der Waals surface area contributed by atoms with Crippen LogP contribution in [0.5, 0.6) is 5.75 Å². The van der Waals surface area contributed by atoms with Crippen molar-refractivity contribution in [2.75, 3.05) is 13.2 Å². The van der Waals surface area contributed by atoms with Gasteiger partial charge >= 0.3 is 0 Å². The topological polar surface area (TPSA) is 55.4 Å². The number of nitrogens with one attached hydrogen (secondary N) is 1. The molecule has 19 heavy (non-hydrogen) atoms. The van der Waals surface area contributed by atoms with Crippen LogP contribution in [0.4, 0.5) is 0 Å². The Labute approximate surface area is 115 Å². The van der Waals surface area contributed by atoms with Crippen LogP contribution in [0.1, 0.15) is 32.3 Å². The monoisotopic (exact) mass is 283 g/mol. The van der Waals surface area contributed by atoms with E-state index in [-0.39, 0.29) is 0 Å². The van der Waals surface area contributed by atoms with Gasteiger partial charge in [-0.3, -0.25) is 0 Å². The normalized spacial score (nSPS) is 15.1. The van der Waals surface area contributed by atoms with E-state index in [1.54, 1.807) is 18.2 Å². The Morgan fingerprint density at radius 2 is 2.16 bits per heavy atom. The van der Waals surface area contributed by atoms with E-state index >= 15 is 0 Å². The predicted octanol–water partition coefficient (Wildman–Crippen LogP) is 2.34. The Balaban J connectivity index is 2.12. The van der Waals surface area contributed by atoms with Gasteiger partial charge in [0.25, 0.3) is 0 Å². The zero-order valence-electron chi connectivity index (χ0n) is 11.5. The molecule has 0 amide bonds. The summed E-state index contributed by atoms with van der Waals surface area (Å²) in [4.78, 5) is 0.334. The Morgan fingerprint density at radius 3 is 2.89 bits per heavy atom. The number of rotatable bonds is 5. The predicted molar refractivity (Wildman–Crippen MR) is 74.9 cm³/mol. The third-order valence-electron chi connectivity index (χ3n) is 3.20. The van der Waals surface area contributed by atoms with E-state index in [1.165, 1.54) is 0 Å². The summed E-state index contributed by atoms with van der Waals surface area (Å²) in [5.74, 6) is 1.30. The highest BCUT2D eigenvalue weighted by Crippen LogP contribution is 2.27. The molecule has 0 aromatic heterocycles. The molecule has 0 radical (unpaired) electrons. The molecule has 0 spiro atoms. The largest absolute Gasteiger partial charge is 0.493 e. The summed E-state index contributed by atoms with van der Waals surface area (Å²) in [6.45, 7) is 5.34. The molecular formula is C14H21NO3S. The van der Waals surface area contributed by atoms with E-state index in [0.29, 0.717) is 24.0 Å². The number of fused-ring (bicyclic) bond motifs is 1. The van der Waals surface area contributed by atoms with Crippen LogP contribution in [-0.2, 0) is 16.4 Å². The van der Waals surface area contributed by atoms with Gasteiger partial charge in [0, 0.05) is 6.54 Å². The van der Waals surface area contributed by atoms with Crippen LogP contribution in [0.25, 0.3) is 0 Å². The molecule has 2 rings (SSSR count). The highest BCUT2D eigenvalue weighted by atomic mass is 32.2. The summed E-state index contributed by atoms with van der Waals surface area (Å²) in [7, 11) is -3.39. The highest BCUT2D eigenvalue weighted by Gasteiger charge is 2.17. The summed E-state index contributed by atoms with van der Waals surface area (Å²) in [5.41, 5.74) is 0.984. The first-order valence-electron chi connectivity index (χ1n) is 6.74. The average Bonchev–Trinajstić information content (AvgIpc) is 2.37. The molecule has 1 aromatic carbocycles. The lowest BCUT2D eigenvalue weighted by Gasteiger charge is -2.18. The zero-order valence-corrected chi connectivity index (χ0v) is 12.3. The minimum atomic E-state index is -3.39. The van der Waals surface area contributed by atoms with Crippen LogP contribution in [0.2, 0.25) is 0 Å². The fraction of sp³-hybridized carbons (Fsp3) is 0.571. The van der Waals surface area contributed by atoms with E-state index in [9.17, 15) is 8.42 Å². The molecule has 1 heterocycles. The molecule has 0 saturated carbocycles. The van der Waals surface area contributed by atoms with Crippen LogP contribution in [-0.4, -0.2) is 21.6 Å². The molecule has 5 heteroatoms. The van der Waals surface area contributed by atoms with E-state index in [1.807, 2.05) is 0 Å². The second-order valence-electron chi connectivity index (χ2n) is 5.30. The third-order valence-corrected chi connectivity index (χ3v) is 4.66. The minimum absolute atomic E-state index is 0.334. The lowest BCUT2D eigenvalue weighted by atomic mass is 10.1. The number of hydrogen-bond donors (Lipinski definition) is 1. The van der Waals surface area contributed by atoms with Crippen LogP contribution in [0.3, 0.4) is 0 Å². The van der Waals surface area contributed by atoms with Gasteiger partial charge in [-0.25, -0.2) is 13.1 Å². The second kappa shape index (κ2) is 5.92. The van der Waals surface area contributed by atoms with Gasteiger partial charge in [0.2, 0.25) is 10.0 Å². The number of sulfonamides is 1.